The van der Waals surface area contributed by atoms with Crippen LogP contribution >= 0.6 is 0 Å². The fourth-order valence-electron chi connectivity index (χ4n) is 3.27. The first-order chi connectivity index (χ1) is 12.6. The topological polar surface area (TPSA) is 43.2 Å². The van der Waals surface area contributed by atoms with Gasteiger partial charge in [0.1, 0.15) is 18.0 Å². The van der Waals surface area contributed by atoms with E-state index in [-0.39, 0.29) is 12.5 Å². The largest absolute Gasteiger partial charge is 0.497 e. The van der Waals surface area contributed by atoms with Crippen LogP contribution in [0.2, 0.25) is 0 Å². The van der Waals surface area contributed by atoms with Crippen LogP contribution < -0.4 is 14.4 Å². The van der Waals surface area contributed by atoms with E-state index in [4.69, 9.17) is 9.47 Å². The van der Waals surface area contributed by atoms with Gasteiger partial charge in [0.25, 0.3) is 5.91 Å². The standard InChI is InChI=1S/C21H26N2O3/c1-17-4-3-5-18(14-17)15-22-10-12-23(13-11-22)21(24)16-26-20-8-6-19(25-2)7-9-20/h3-9,14H,10-13,15-16H2,1-2H3/p+1. The van der Waals surface area contributed by atoms with Crippen LogP contribution in [0.3, 0.4) is 0 Å². The van der Waals surface area contributed by atoms with Gasteiger partial charge >= 0.3 is 0 Å². The van der Waals surface area contributed by atoms with Gasteiger partial charge in [0.05, 0.1) is 33.3 Å². The molecule has 0 radical (unpaired) electrons. The number of hydrogen-bond acceptors (Lipinski definition) is 3. The van der Waals surface area contributed by atoms with Gasteiger partial charge < -0.3 is 19.3 Å². The average Bonchev–Trinajstić information content (AvgIpc) is 2.67. The van der Waals surface area contributed by atoms with Gasteiger partial charge in [-0.15, -0.1) is 0 Å². The van der Waals surface area contributed by atoms with Crippen molar-refractivity contribution in [2.45, 2.75) is 13.5 Å². The van der Waals surface area contributed by atoms with Crippen LogP contribution in [-0.2, 0) is 11.3 Å². The number of carbonyl (C=O) groups excluding carboxylic acids is 1. The maximum atomic E-state index is 12.4. The number of nitrogens with zero attached hydrogens (tertiary/aromatic N) is 1. The third kappa shape index (κ3) is 4.99. The molecule has 0 atom stereocenters. The molecule has 0 bridgehead atoms. The molecule has 1 amide bonds. The monoisotopic (exact) mass is 355 g/mol. The smallest absolute Gasteiger partial charge is 0.260 e. The third-order valence-electron chi connectivity index (χ3n) is 4.78. The van der Waals surface area contributed by atoms with E-state index in [9.17, 15) is 4.79 Å². The molecular formula is C21H27N2O3+. The van der Waals surface area contributed by atoms with Crippen molar-refractivity contribution in [3.8, 4) is 11.5 Å². The van der Waals surface area contributed by atoms with Crippen LogP contribution in [0.5, 0.6) is 11.5 Å². The minimum Gasteiger partial charge on any atom is -0.497 e. The molecule has 138 valence electrons. The Bertz CT molecular complexity index is 722. The summed E-state index contributed by atoms with van der Waals surface area (Å²) >= 11 is 0. The molecule has 1 heterocycles. The van der Waals surface area contributed by atoms with E-state index in [0.29, 0.717) is 5.75 Å². The summed E-state index contributed by atoms with van der Waals surface area (Å²) in [6.07, 6.45) is 0. The lowest BCUT2D eigenvalue weighted by Gasteiger charge is -2.32. The molecule has 0 spiro atoms. The number of benzene rings is 2. The highest BCUT2D eigenvalue weighted by molar-refractivity contribution is 5.77. The summed E-state index contributed by atoms with van der Waals surface area (Å²) < 4.78 is 10.7. The Morgan fingerprint density at radius 2 is 1.77 bits per heavy atom. The van der Waals surface area contributed by atoms with Crippen LogP contribution in [0.1, 0.15) is 11.1 Å². The summed E-state index contributed by atoms with van der Waals surface area (Å²) in [5.41, 5.74) is 2.66. The van der Waals surface area contributed by atoms with Crippen molar-refractivity contribution < 1.29 is 19.2 Å². The van der Waals surface area contributed by atoms with Crippen LogP contribution in [-0.4, -0.2) is 50.7 Å². The lowest BCUT2D eigenvalue weighted by molar-refractivity contribution is -0.917. The number of rotatable bonds is 6. The van der Waals surface area contributed by atoms with E-state index in [1.165, 1.54) is 16.0 Å². The Hall–Kier alpha value is -2.53. The number of hydrogen-bond donors (Lipinski definition) is 1. The van der Waals surface area contributed by atoms with Gasteiger partial charge in [-0.1, -0.05) is 29.8 Å². The summed E-state index contributed by atoms with van der Waals surface area (Å²) in [6.45, 7) is 6.74. The molecular weight excluding hydrogens is 328 g/mol. The fraction of sp³-hybridized carbons (Fsp3) is 0.381. The van der Waals surface area contributed by atoms with Crippen molar-refractivity contribution in [1.29, 1.82) is 0 Å². The van der Waals surface area contributed by atoms with Crippen molar-refractivity contribution >= 4 is 5.91 Å². The molecule has 0 aliphatic carbocycles. The van der Waals surface area contributed by atoms with Crippen LogP contribution in [0.25, 0.3) is 0 Å². The van der Waals surface area contributed by atoms with Crippen molar-refractivity contribution in [2.24, 2.45) is 0 Å². The van der Waals surface area contributed by atoms with Gasteiger partial charge in [0, 0.05) is 5.56 Å². The van der Waals surface area contributed by atoms with Crippen molar-refractivity contribution in [2.75, 3.05) is 39.9 Å². The van der Waals surface area contributed by atoms with Crippen molar-refractivity contribution in [3.63, 3.8) is 0 Å². The van der Waals surface area contributed by atoms with Gasteiger partial charge in [-0.25, -0.2) is 0 Å². The first-order valence-electron chi connectivity index (χ1n) is 9.08. The molecule has 0 saturated carbocycles. The van der Waals surface area contributed by atoms with E-state index in [2.05, 4.69) is 31.2 Å². The Morgan fingerprint density at radius 1 is 1.08 bits per heavy atom. The maximum Gasteiger partial charge on any atom is 0.260 e. The molecule has 1 saturated heterocycles. The van der Waals surface area contributed by atoms with Crippen LogP contribution in [0.15, 0.2) is 48.5 Å². The fourth-order valence-corrected chi connectivity index (χ4v) is 3.27. The number of quaternary nitrogens is 1. The lowest BCUT2D eigenvalue weighted by Crippen LogP contribution is -3.13. The number of ether oxygens (including phenoxy) is 2. The number of piperazine rings is 1. The van der Waals surface area contributed by atoms with E-state index < -0.39 is 0 Å². The zero-order valence-corrected chi connectivity index (χ0v) is 15.5. The maximum absolute atomic E-state index is 12.4. The molecule has 1 aliphatic rings. The highest BCUT2D eigenvalue weighted by Gasteiger charge is 2.24. The van der Waals surface area contributed by atoms with Gasteiger partial charge in [-0.2, -0.15) is 0 Å². The zero-order valence-electron chi connectivity index (χ0n) is 15.5. The normalized spacial score (nSPS) is 14.9. The molecule has 1 aliphatic heterocycles. The first kappa shape index (κ1) is 18.3. The van der Waals surface area contributed by atoms with Gasteiger partial charge in [-0.3, -0.25) is 4.79 Å². The number of aryl methyl sites for hydroxylation is 1. The van der Waals surface area contributed by atoms with E-state index in [1.807, 2.05) is 29.2 Å². The Balaban J connectivity index is 1.42. The van der Waals surface area contributed by atoms with Gasteiger partial charge in [0.2, 0.25) is 0 Å². The van der Waals surface area contributed by atoms with Crippen LogP contribution in [0.4, 0.5) is 0 Å². The summed E-state index contributed by atoms with van der Waals surface area (Å²) in [6, 6.07) is 15.9. The molecule has 3 rings (SSSR count). The second-order valence-corrected chi connectivity index (χ2v) is 6.76. The zero-order chi connectivity index (χ0) is 18.4. The van der Waals surface area contributed by atoms with E-state index in [0.717, 1.165) is 38.5 Å². The van der Waals surface area contributed by atoms with Crippen LogP contribution in [0, 0.1) is 6.92 Å². The molecule has 0 unspecified atom stereocenters. The summed E-state index contributed by atoms with van der Waals surface area (Å²) in [7, 11) is 1.62. The molecule has 5 nitrogen and oxygen atoms in total. The summed E-state index contributed by atoms with van der Waals surface area (Å²) in [5, 5.41) is 0. The molecule has 1 fully saturated rings. The number of carbonyl (C=O) groups is 1. The molecule has 5 heteroatoms. The number of nitrogens with one attached hydrogen (secondary N) is 1. The van der Waals surface area contributed by atoms with E-state index >= 15 is 0 Å². The molecule has 1 N–H and O–H groups in total. The second kappa shape index (κ2) is 8.72. The van der Waals surface area contributed by atoms with Gasteiger partial charge in [0.15, 0.2) is 6.61 Å². The minimum absolute atomic E-state index is 0.0513. The molecule has 26 heavy (non-hydrogen) atoms. The highest BCUT2D eigenvalue weighted by atomic mass is 16.5. The Labute approximate surface area is 155 Å². The predicted molar refractivity (Wildman–Crippen MR) is 101 cm³/mol. The summed E-state index contributed by atoms with van der Waals surface area (Å²) in [4.78, 5) is 15.8. The number of methoxy groups -OCH3 is 1. The highest BCUT2D eigenvalue weighted by Crippen LogP contribution is 2.17. The molecule has 2 aromatic rings. The van der Waals surface area contributed by atoms with Gasteiger partial charge in [-0.05, 0) is 31.2 Å². The Morgan fingerprint density at radius 3 is 2.42 bits per heavy atom. The van der Waals surface area contributed by atoms with E-state index in [1.54, 1.807) is 7.11 Å². The molecule has 0 aromatic heterocycles. The Kier molecular flexibility index (Phi) is 6.12. The van der Waals surface area contributed by atoms with Crippen molar-refractivity contribution in [3.05, 3.63) is 59.7 Å². The SMILES string of the molecule is COc1ccc(OCC(=O)N2CC[NH+](Cc3cccc(C)c3)CC2)cc1. The second-order valence-electron chi connectivity index (χ2n) is 6.76. The molecule has 2 aromatic carbocycles. The minimum atomic E-state index is 0.0513. The average molecular weight is 355 g/mol. The lowest BCUT2D eigenvalue weighted by atomic mass is 10.1. The van der Waals surface area contributed by atoms with Crippen molar-refractivity contribution in [1.82, 2.24) is 4.90 Å². The quantitative estimate of drug-likeness (QED) is 0.850. The predicted octanol–water partition coefficient (Wildman–Crippen LogP) is 1.31. The first-order valence-corrected chi connectivity index (χ1v) is 9.08. The number of amides is 1. The third-order valence-corrected chi connectivity index (χ3v) is 4.78. The summed E-state index contributed by atoms with van der Waals surface area (Å²) in [5.74, 6) is 1.51.